The van der Waals surface area contributed by atoms with Crippen LogP contribution in [0.2, 0.25) is 0 Å². The molecule has 0 aliphatic rings. The maximum absolute atomic E-state index is 13.0. The summed E-state index contributed by atoms with van der Waals surface area (Å²) in [5, 5.41) is 0. The van der Waals surface area contributed by atoms with E-state index >= 15 is 0 Å². The molecule has 0 fully saturated rings. The highest BCUT2D eigenvalue weighted by molar-refractivity contribution is 5.34. The van der Waals surface area contributed by atoms with E-state index in [2.05, 4.69) is 4.98 Å². The molecule has 88 valence electrons. The van der Waals surface area contributed by atoms with Gasteiger partial charge in [0.2, 0.25) is 0 Å². The number of nitrogens with zero attached hydrogens (tertiary/aromatic N) is 1. The number of pyridine rings is 1. The van der Waals surface area contributed by atoms with Gasteiger partial charge in [0.15, 0.2) is 11.6 Å². The van der Waals surface area contributed by atoms with E-state index in [1.165, 1.54) is 6.07 Å². The zero-order chi connectivity index (χ0) is 12.3. The Morgan fingerprint density at radius 1 is 1.18 bits per heavy atom. The van der Waals surface area contributed by atoms with Gasteiger partial charge in [-0.1, -0.05) is 0 Å². The van der Waals surface area contributed by atoms with Gasteiger partial charge in [0.05, 0.1) is 5.69 Å². The third-order valence-electron chi connectivity index (χ3n) is 2.16. The predicted molar refractivity (Wildman–Crippen MR) is 58.6 cm³/mol. The first-order valence-electron chi connectivity index (χ1n) is 4.97. The average molecular weight is 236 g/mol. The molecule has 0 saturated carbocycles. The third kappa shape index (κ3) is 2.57. The number of aromatic nitrogens is 1. The Labute approximate surface area is 96.9 Å². The Morgan fingerprint density at radius 2 is 2.00 bits per heavy atom. The Kier molecular flexibility index (Phi) is 3.30. The van der Waals surface area contributed by atoms with Crippen LogP contribution in [0.1, 0.15) is 5.69 Å². The monoisotopic (exact) mass is 236 g/mol. The SMILES string of the molecule is NCc1ncccc1Oc1ccc(F)c(F)c1. The molecule has 0 aliphatic carbocycles. The van der Waals surface area contributed by atoms with Crippen molar-refractivity contribution in [2.75, 3.05) is 0 Å². The van der Waals surface area contributed by atoms with Gasteiger partial charge in [-0.25, -0.2) is 8.78 Å². The zero-order valence-electron chi connectivity index (χ0n) is 8.86. The largest absolute Gasteiger partial charge is 0.455 e. The van der Waals surface area contributed by atoms with E-state index in [0.717, 1.165) is 12.1 Å². The Hall–Kier alpha value is -2.01. The molecule has 0 bridgehead atoms. The quantitative estimate of drug-likeness (QED) is 0.891. The highest BCUT2D eigenvalue weighted by atomic mass is 19.2. The van der Waals surface area contributed by atoms with E-state index in [4.69, 9.17) is 10.5 Å². The Morgan fingerprint density at radius 3 is 2.71 bits per heavy atom. The van der Waals surface area contributed by atoms with Gasteiger partial charge in [-0.05, 0) is 24.3 Å². The minimum atomic E-state index is -0.958. The van der Waals surface area contributed by atoms with Crippen LogP contribution in [-0.4, -0.2) is 4.98 Å². The number of benzene rings is 1. The van der Waals surface area contributed by atoms with Gasteiger partial charge < -0.3 is 10.5 Å². The van der Waals surface area contributed by atoms with Crippen LogP contribution in [-0.2, 0) is 6.54 Å². The lowest BCUT2D eigenvalue weighted by molar-refractivity contribution is 0.455. The Balaban J connectivity index is 2.28. The zero-order valence-corrected chi connectivity index (χ0v) is 8.86. The highest BCUT2D eigenvalue weighted by Gasteiger charge is 2.07. The summed E-state index contributed by atoms with van der Waals surface area (Å²) in [7, 11) is 0. The predicted octanol–water partition coefficient (Wildman–Crippen LogP) is 2.61. The first-order chi connectivity index (χ1) is 8.20. The van der Waals surface area contributed by atoms with Crippen molar-refractivity contribution >= 4 is 0 Å². The van der Waals surface area contributed by atoms with E-state index in [1.54, 1.807) is 18.3 Å². The van der Waals surface area contributed by atoms with Crippen LogP contribution in [0.5, 0.6) is 11.5 Å². The smallest absolute Gasteiger partial charge is 0.162 e. The van der Waals surface area contributed by atoms with Crippen molar-refractivity contribution < 1.29 is 13.5 Å². The van der Waals surface area contributed by atoms with Crippen LogP contribution in [0.25, 0.3) is 0 Å². The van der Waals surface area contributed by atoms with Crippen LogP contribution >= 0.6 is 0 Å². The number of halogens is 2. The summed E-state index contributed by atoms with van der Waals surface area (Å²) in [5.41, 5.74) is 6.03. The maximum atomic E-state index is 13.0. The molecular formula is C12H10F2N2O. The lowest BCUT2D eigenvalue weighted by Gasteiger charge is -2.08. The van der Waals surface area contributed by atoms with Gasteiger partial charge >= 0.3 is 0 Å². The van der Waals surface area contributed by atoms with Crippen LogP contribution < -0.4 is 10.5 Å². The summed E-state index contributed by atoms with van der Waals surface area (Å²) >= 11 is 0. The summed E-state index contributed by atoms with van der Waals surface area (Å²) in [6, 6.07) is 6.66. The molecule has 0 saturated heterocycles. The summed E-state index contributed by atoms with van der Waals surface area (Å²) < 4.78 is 31.1. The van der Waals surface area contributed by atoms with E-state index in [-0.39, 0.29) is 12.3 Å². The van der Waals surface area contributed by atoms with E-state index in [1.807, 2.05) is 0 Å². The normalized spacial score (nSPS) is 10.3. The third-order valence-corrected chi connectivity index (χ3v) is 2.16. The van der Waals surface area contributed by atoms with Gasteiger partial charge in [0.25, 0.3) is 0 Å². The molecule has 3 nitrogen and oxygen atoms in total. The van der Waals surface area contributed by atoms with Gasteiger partial charge in [-0.2, -0.15) is 0 Å². The fraction of sp³-hybridized carbons (Fsp3) is 0.0833. The van der Waals surface area contributed by atoms with Crippen molar-refractivity contribution in [3.05, 3.63) is 53.9 Å². The van der Waals surface area contributed by atoms with Crippen molar-refractivity contribution in [3.8, 4) is 11.5 Å². The molecule has 17 heavy (non-hydrogen) atoms. The summed E-state index contributed by atoms with van der Waals surface area (Å²) in [6.45, 7) is 0.208. The molecule has 1 aromatic heterocycles. The maximum Gasteiger partial charge on any atom is 0.162 e. The standard InChI is InChI=1S/C12H10F2N2O/c13-9-4-3-8(6-10(9)14)17-12-2-1-5-16-11(12)7-15/h1-6H,7,15H2. The molecule has 2 aromatic rings. The molecule has 0 radical (unpaired) electrons. The van der Waals surface area contributed by atoms with E-state index in [0.29, 0.717) is 11.4 Å². The molecule has 0 atom stereocenters. The fourth-order valence-corrected chi connectivity index (χ4v) is 1.34. The van der Waals surface area contributed by atoms with Crippen molar-refractivity contribution in [1.82, 2.24) is 4.98 Å². The van der Waals surface area contributed by atoms with Crippen LogP contribution in [0.4, 0.5) is 8.78 Å². The molecule has 2 N–H and O–H groups in total. The lowest BCUT2D eigenvalue weighted by atomic mass is 10.3. The van der Waals surface area contributed by atoms with E-state index in [9.17, 15) is 8.78 Å². The Bertz CT molecular complexity index is 532. The van der Waals surface area contributed by atoms with E-state index < -0.39 is 11.6 Å². The number of nitrogens with two attached hydrogens (primary N) is 1. The fourth-order valence-electron chi connectivity index (χ4n) is 1.34. The van der Waals surface area contributed by atoms with Gasteiger partial charge in [-0.15, -0.1) is 0 Å². The summed E-state index contributed by atoms with van der Waals surface area (Å²) in [4.78, 5) is 4.02. The van der Waals surface area contributed by atoms with Crippen molar-refractivity contribution in [1.29, 1.82) is 0 Å². The first kappa shape index (κ1) is 11.5. The molecule has 0 aliphatic heterocycles. The highest BCUT2D eigenvalue weighted by Crippen LogP contribution is 2.24. The first-order valence-corrected chi connectivity index (χ1v) is 4.97. The molecule has 1 aromatic carbocycles. The number of hydrogen-bond donors (Lipinski definition) is 1. The number of ether oxygens (including phenoxy) is 1. The minimum Gasteiger partial charge on any atom is -0.455 e. The molecule has 0 unspecified atom stereocenters. The minimum absolute atomic E-state index is 0.201. The van der Waals surface area contributed by atoms with Crippen molar-refractivity contribution in [2.45, 2.75) is 6.54 Å². The molecule has 5 heteroatoms. The van der Waals surface area contributed by atoms with Gasteiger partial charge in [-0.3, -0.25) is 4.98 Å². The second kappa shape index (κ2) is 4.88. The molecule has 0 amide bonds. The summed E-state index contributed by atoms with van der Waals surface area (Å²) in [6.07, 6.45) is 1.58. The van der Waals surface area contributed by atoms with Gasteiger partial charge in [0.1, 0.15) is 11.5 Å². The molecule has 0 spiro atoms. The second-order valence-corrected chi connectivity index (χ2v) is 3.33. The molecule has 1 heterocycles. The molecule has 2 rings (SSSR count). The lowest BCUT2D eigenvalue weighted by Crippen LogP contribution is -2.02. The topological polar surface area (TPSA) is 48.1 Å². The van der Waals surface area contributed by atoms with Crippen LogP contribution in [0.15, 0.2) is 36.5 Å². The van der Waals surface area contributed by atoms with Crippen LogP contribution in [0, 0.1) is 11.6 Å². The summed E-state index contributed by atoms with van der Waals surface area (Å²) in [5.74, 6) is -1.24. The number of rotatable bonds is 3. The number of hydrogen-bond acceptors (Lipinski definition) is 3. The molecular weight excluding hydrogens is 226 g/mol. The van der Waals surface area contributed by atoms with Crippen molar-refractivity contribution in [2.24, 2.45) is 5.73 Å². The van der Waals surface area contributed by atoms with Gasteiger partial charge in [0, 0.05) is 18.8 Å². The second-order valence-electron chi connectivity index (χ2n) is 3.33. The van der Waals surface area contributed by atoms with Crippen molar-refractivity contribution in [3.63, 3.8) is 0 Å². The van der Waals surface area contributed by atoms with Crippen LogP contribution in [0.3, 0.4) is 0 Å². The average Bonchev–Trinajstić information content (AvgIpc) is 2.34.